The average molecular weight is 216 g/mol. The van der Waals surface area contributed by atoms with Gasteiger partial charge in [-0.1, -0.05) is 5.16 Å². The number of hydrogen-bond donors (Lipinski definition) is 1. The van der Waals surface area contributed by atoms with E-state index >= 15 is 0 Å². The summed E-state index contributed by atoms with van der Waals surface area (Å²) in [5.41, 5.74) is 0.461. The van der Waals surface area contributed by atoms with Crippen LogP contribution in [-0.2, 0) is 6.42 Å². The van der Waals surface area contributed by atoms with Gasteiger partial charge in [0.2, 0.25) is 6.39 Å². The minimum Gasteiger partial charge on any atom is -0.367 e. The highest BCUT2D eigenvalue weighted by Crippen LogP contribution is 2.07. The molecule has 0 atom stereocenters. The SMILES string of the molecule is N#Cc1ccnnc1NCCc1ncon1. The van der Waals surface area contributed by atoms with Crippen molar-refractivity contribution in [1.82, 2.24) is 20.3 Å². The van der Waals surface area contributed by atoms with Crippen molar-refractivity contribution in [3.05, 3.63) is 30.0 Å². The van der Waals surface area contributed by atoms with E-state index in [9.17, 15) is 0 Å². The van der Waals surface area contributed by atoms with E-state index < -0.39 is 0 Å². The Balaban J connectivity index is 1.93. The summed E-state index contributed by atoms with van der Waals surface area (Å²) in [6, 6.07) is 3.63. The van der Waals surface area contributed by atoms with Crippen LogP contribution < -0.4 is 5.32 Å². The summed E-state index contributed by atoms with van der Waals surface area (Å²) in [6.07, 6.45) is 3.35. The van der Waals surface area contributed by atoms with Gasteiger partial charge in [-0.15, -0.1) is 5.10 Å². The first-order chi connectivity index (χ1) is 7.90. The molecule has 0 aromatic carbocycles. The fraction of sp³-hybridized carbons (Fsp3) is 0.222. The highest BCUT2D eigenvalue weighted by molar-refractivity contribution is 5.49. The third-order valence-corrected chi connectivity index (χ3v) is 1.89. The Kier molecular flexibility index (Phi) is 3.04. The number of aromatic nitrogens is 4. The van der Waals surface area contributed by atoms with Crippen LogP contribution in [-0.4, -0.2) is 26.9 Å². The van der Waals surface area contributed by atoms with Gasteiger partial charge in [0.05, 0.1) is 11.8 Å². The monoisotopic (exact) mass is 216 g/mol. The second-order valence-corrected chi connectivity index (χ2v) is 2.93. The van der Waals surface area contributed by atoms with E-state index in [1.807, 2.05) is 6.07 Å². The molecule has 0 fully saturated rings. The first-order valence-electron chi connectivity index (χ1n) is 4.61. The number of nitriles is 1. The predicted octanol–water partition coefficient (Wildman–Crippen LogP) is 0.386. The molecule has 2 aromatic rings. The zero-order valence-electron chi connectivity index (χ0n) is 8.29. The van der Waals surface area contributed by atoms with E-state index in [-0.39, 0.29) is 0 Å². The molecule has 80 valence electrons. The molecule has 7 heteroatoms. The predicted molar refractivity (Wildman–Crippen MR) is 53.2 cm³/mol. The van der Waals surface area contributed by atoms with Crippen molar-refractivity contribution in [2.75, 3.05) is 11.9 Å². The van der Waals surface area contributed by atoms with E-state index in [1.165, 1.54) is 12.6 Å². The van der Waals surface area contributed by atoms with Crippen LogP contribution in [0.3, 0.4) is 0 Å². The zero-order valence-corrected chi connectivity index (χ0v) is 8.29. The summed E-state index contributed by atoms with van der Waals surface area (Å²) in [7, 11) is 0. The number of hydrogen-bond acceptors (Lipinski definition) is 7. The van der Waals surface area contributed by atoms with Crippen molar-refractivity contribution in [1.29, 1.82) is 5.26 Å². The van der Waals surface area contributed by atoms with Crippen molar-refractivity contribution in [2.24, 2.45) is 0 Å². The van der Waals surface area contributed by atoms with Gasteiger partial charge in [-0.25, -0.2) is 0 Å². The second kappa shape index (κ2) is 4.84. The van der Waals surface area contributed by atoms with Gasteiger partial charge in [-0.05, 0) is 6.07 Å². The molecule has 0 spiro atoms. The molecular weight excluding hydrogens is 208 g/mol. The fourth-order valence-electron chi connectivity index (χ4n) is 1.15. The van der Waals surface area contributed by atoms with E-state index in [2.05, 4.69) is 30.2 Å². The molecule has 0 unspecified atom stereocenters. The van der Waals surface area contributed by atoms with Crippen LogP contribution >= 0.6 is 0 Å². The van der Waals surface area contributed by atoms with Gasteiger partial charge in [-0.3, -0.25) is 0 Å². The van der Waals surface area contributed by atoms with Crippen molar-refractivity contribution >= 4 is 5.82 Å². The smallest absolute Gasteiger partial charge is 0.213 e. The summed E-state index contributed by atoms with van der Waals surface area (Å²) in [5, 5.41) is 23.0. The van der Waals surface area contributed by atoms with Gasteiger partial charge in [0.15, 0.2) is 11.6 Å². The fourth-order valence-corrected chi connectivity index (χ4v) is 1.15. The lowest BCUT2D eigenvalue weighted by Gasteiger charge is -2.03. The molecular formula is C9H8N6O. The van der Waals surface area contributed by atoms with Gasteiger partial charge in [0.1, 0.15) is 6.07 Å². The molecule has 0 aliphatic carbocycles. The standard InChI is InChI=1S/C9H8N6O/c10-5-7-1-4-13-14-9(7)11-3-2-8-12-6-16-15-8/h1,4,6H,2-3H2,(H,11,14). The Hall–Kier alpha value is -2.49. The molecule has 0 aliphatic heterocycles. The molecule has 0 amide bonds. The zero-order chi connectivity index (χ0) is 11.2. The van der Waals surface area contributed by atoms with Crippen molar-refractivity contribution in [3.8, 4) is 6.07 Å². The number of nitrogens with one attached hydrogen (secondary N) is 1. The largest absolute Gasteiger partial charge is 0.367 e. The molecule has 2 aromatic heterocycles. The summed E-state index contributed by atoms with van der Waals surface area (Å²) in [5.74, 6) is 1.07. The van der Waals surface area contributed by atoms with E-state index in [4.69, 9.17) is 5.26 Å². The Morgan fingerprint density at radius 3 is 3.19 bits per heavy atom. The molecule has 0 radical (unpaired) electrons. The van der Waals surface area contributed by atoms with Gasteiger partial charge in [0.25, 0.3) is 0 Å². The molecule has 0 aliphatic rings. The van der Waals surface area contributed by atoms with Gasteiger partial charge >= 0.3 is 0 Å². The molecule has 16 heavy (non-hydrogen) atoms. The minimum absolute atomic E-state index is 0.461. The normalized spacial score (nSPS) is 9.69. The Morgan fingerprint density at radius 1 is 1.50 bits per heavy atom. The van der Waals surface area contributed by atoms with Crippen LogP contribution in [0.4, 0.5) is 5.82 Å². The van der Waals surface area contributed by atoms with Crippen LogP contribution in [0.2, 0.25) is 0 Å². The lowest BCUT2D eigenvalue weighted by atomic mass is 10.3. The Labute approximate surface area is 91.1 Å². The highest BCUT2D eigenvalue weighted by Gasteiger charge is 2.03. The van der Waals surface area contributed by atoms with Crippen molar-refractivity contribution in [3.63, 3.8) is 0 Å². The highest BCUT2D eigenvalue weighted by atomic mass is 16.5. The van der Waals surface area contributed by atoms with Crippen LogP contribution in [0, 0.1) is 11.3 Å². The van der Waals surface area contributed by atoms with E-state index in [1.54, 1.807) is 6.07 Å². The maximum Gasteiger partial charge on any atom is 0.213 e. The summed E-state index contributed by atoms with van der Waals surface area (Å²) in [4.78, 5) is 3.87. The third kappa shape index (κ3) is 2.30. The summed E-state index contributed by atoms with van der Waals surface area (Å²) >= 11 is 0. The van der Waals surface area contributed by atoms with Crippen molar-refractivity contribution < 1.29 is 4.52 Å². The van der Waals surface area contributed by atoms with Crippen LogP contribution in [0.25, 0.3) is 0 Å². The third-order valence-electron chi connectivity index (χ3n) is 1.89. The van der Waals surface area contributed by atoms with Crippen LogP contribution in [0.1, 0.15) is 11.4 Å². The molecule has 1 N–H and O–H groups in total. The maximum absolute atomic E-state index is 8.80. The first-order valence-corrected chi connectivity index (χ1v) is 4.61. The summed E-state index contributed by atoms with van der Waals surface area (Å²) < 4.78 is 4.59. The van der Waals surface area contributed by atoms with E-state index in [0.717, 1.165) is 0 Å². The van der Waals surface area contributed by atoms with Crippen LogP contribution in [0.5, 0.6) is 0 Å². The molecule has 0 saturated heterocycles. The minimum atomic E-state index is 0.461. The van der Waals surface area contributed by atoms with Crippen LogP contribution in [0.15, 0.2) is 23.2 Å². The molecule has 0 saturated carbocycles. The Bertz CT molecular complexity index is 489. The molecule has 7 nitrogen and oxygen atoms in total. The maximum atomic E-state index is 8.80. The molecule has 2 rings (SSSR count). The van der Waals surface area contributed by atoms with Gasteiger partial charge in [-0.2, -0.15) is 15.3 Å². The Morgan fingerprint density at radius 2 is 2.44 bits per heavy atom. The van der Waals surface area contributed by atoms with Gasteiger partial charge < -0.3 is 9.84 Å². The lowest BCUT2D eigenvalue weighted by Crippen LogP contribution is -2.09. The topological polar surface area (TPSA) is 101 Å². The van der Waals surface area contributed by atoms with Crippen molar-refractivity contribution in [2.45, 2.75) is 6.42 Å². The number of rotatable bonds is 4. The van der Waals surface area contributed by atoms with Gasteiger partial charge in [0, 0.05) is 13.0 Å². The number of anilines is 1. The quantitative estimate of drug-likeness (QED) is 0.788. The average Bonchev–Trinajstić information content (AvgIpc) is 2.83. The lowest BCUT2D eigenvalue weighted by molar-refractivity contribution is 0.410. The molecule has 2 heterocycles. The molecule has 0 bridgehead atoms. The summed E-state index contributed by atoms with van der Waals surface area (Å²) in [6.45, 7) is 0.562. The van der Waals surface area contributed by atoms with E-state index in [0.29, 0.717) is 30.2 Å². The number of nitrogens with zero attached hydrogens (tertiary/aromatic N) is 5. The second-order valence-electron chi connectivity index (χ2n) is 2.93. The first kappa shape index (κ1) is 10.0.